The molecule has 0 spiro atoms. The van der Waals surface area contributed by atoms with E-state index in [1.165, 1.54) is 0 Å². The molecule has 1 heterocycles. The fourth-order valence-corrected chi connectivity index (χ4v) is 1.29. The first-order valence-electron chi connectivity index (χ1n) is 5.25. The molecule has 0 aliphatic carbocycles. The van der Waals surface area contributed by atoms with Crippen molar-refractivity contribution in [3.63, 3.8) is 0 Å². The normalized spacial score (nSPS) is 20.9. The molecule has 4 nitrogen and oxygen atoms in total. The Labute approximate surface area is 85.9 Å². The Balaban J connectivity index is 2.47. The van der Waals surface area contributed by atoms with Crippen LogP contribution in [-0.2, 0) is 0 Å². The quantitative estimate of drug-likeness (QED) is 0.609. The average molecular weight is 196 g/mol. The van der Waals surface area contributed by atoms with Crippen molar-refractivity contribution in [2.24, 2.45) is 4.99 Å². The molecular weight excluding hydrogens is 176 g/mol. The number of nitrogens with zero attached hydrogens (tertiary/aromatic N) is 1. The van der Waals surface area contributed by atoms with Crippen LogP contribution in [0.4, 0.5) is 0 Å². The largest absolute Gasteiger partial charge is 0.372 e. The second-order valence-corrected chi connectivity index (χ2v) is 3.37. The van der Waals surface area contributed by atoms with Gasteiger partial charge in [-0.3, -0.25) is 10.3 Å². The lowest BCUT2D eigenvalue weighted by Crippen LogP contribution is -2.46. The zero-order valence-corrected chi connectivity index (χ0v) is 9.22. The molecule has 0 aromatic rings. The molecule has 3 N–H and O–H groups in total. The zero-order chi connectivity index (χ0) is 10.4. The maximum atomic E-state index is 4.34. The van der Waals surface area contributed by atoms with Gasteiger partial charge in [-0.15, -0.1) is 0 Å². The lowest BCUT2D eigenvalue weighted by atomic mass is 10.3. The molecule has 0 radical (unpaired) electrons. The van der Waals surface area contributed by atoms with E-state index in [0.717, 1.165) is 30.9 Å². The highest BCUT2D eigenvalue weighted by Gasteiger charge is 2.11. The minimum Gasteiger partial charge on any atom is -0.372 e. The maximum absolute atomic E-state index is 4.34. The van der Waals surface area contributed by atoms with Crippen molar-refractivity contribution >= 4 is 6.21 Å². The molecule has 1 rings (SSSR count). The first-order chi connectivity index (χ1) is 6.77. The molecule has 1 unspecified atom stereocenters. The Bertz CT molecular complexity index is 232. The zero-order valence-electron chi connectivity index (χ0n) is 9.22. The number of aliphatic imine (C=N–C) groups is 1. The summed E-state index contributed by atoms with van der Waals surface area (Å²) in [7, 11) is 0. The number of rotatable bonds is 5. The average Bonchev–Trinajstić information content (AvgIpc) is 2.19. The van der Waals surface area contributed by atoms with Gasteiger partial charge in [0, 0.05) is 18.3 Å². The summed E-state index contributed by atoms with van der Waals surface area (Å²) in [6.45, 7) is 8.18. The highest BCUT2D eigenvalue weighted by molar-refractivity contribution is 5.79. The monoisotopic (exact) mass is 196 g/mol. The van der Waals surface area contributed by atoms with Crippen LogP contribution in [-0.4, -0.2) is 25.6 Å². The fourth-order valence-electron chi connectivity index (χ4n) is 1.29. The summed E-state index contributed by atoms with van der Waals surface area (Å²) >= 11 is 0. The van der Waals surface area contributed by atoms with Gasteiger partial charge in [-0.2, -0.15) is 0 Å². The van der Waals surface area contributed by atoms with Gasteiger partial charge < -0.3 is 10.6 Å². The molecule has 0 saturated heterocycles. The Morgan fingerprint density at radius 1 is 1.50 bits per heavy atom. The number of nitrogens with one attached hydrogen (secondary N) is 3. The molecule has 1 aliphatic rings. The van der Waals surface area contributed by atoms with Crippen molar-refractivity contribution in [3.8, 4) is 0 Å². The van der Waals surface area contributed by atoms with Crippen molar-refractivity contribution in [2.75, 3.05) is 13.1 Å². The van der Waals surface area contributed by atoms with E-state index < -0.39 is 0 Å². The van der Waals surface area contributed by atoms with E-state index in [4.69, 9.17) is 0 Å². The predicted octanol–water partition coefficient (Wildman–Crippen LogP) is 0.785. The molecule has 0 saturated carbocycles. The molecule has 1 atom stereocenters. The van der Waals surface area contributed by atoms with Crippen molar-refractivity contribution in [1.29, 1.82) is 0 Å². The Morgan fingerprint density at radius 2 is 2.29 bits per heavy atom. The fraction of sp³-hybridized carbons (Fsp3) is 0.700. The third-order valence-electron chi connectivity index (χ3n) is 2.03. The van der Waals surface area contributed by atoms with Crippen molar-refractivity contribution in [3.05, 3.63) is 11.4 Å². The van der Waals surface area contributed by atoms with Gasteiger partial charge in [0.15, 0.2) is 6.29 Å². The predicted molar refractivity (Wildman–Crippen MR) is 60.1 cm³/mol. The van der Waals surface area contributed by atoms with Gasteiger partial charge in [0.25, 0.3) is 0 Å². The standard InChI is InChI=1S/C10H20N4/c1-4-6-12-10-13-7-8(3)9(14-10)11-5-2/h7,10-12,14H,4-6H2,1-3H3. The van der Waals surface area contributed by atoms with Crippen molar-refractivity contribution in [2.45, 2.75) is 33.5 Å². The van der Waals surface area contributed by atoms with Gasteiger partial charge >= 0.3 is 0 Å². The molecule has 4 heteroatoms. The second-order valence-electron chi connectivity index (χ2n) is 3.37. The summed E-state index contributed by atoms with van der Waals surface area (Å²) in [6, 6.07) is 0. The minimum atomic E-state index is 0.0210. The summed E-state index contributed by atoms with van der Waals surface area (Å²) in [5.41, 5.74) is 1.15. The summed E-state index contributed by atoms with van der Waals surface area (Å²) in [5.74, 6) is 1.08. The van der Waals surface area contributed by atoms with Crippen LogP contribution in [0.2, 0.25) is 0 Å². The summed E-state index contributed by atoms with van der Waals surface area (Å²) in [4.78, 5) is 4.34. The molecule has 0 fully saturated rings. The maximum Gasteiger partial charge on any atom is 0.174 e. The van der Waals surface area contributed by atoms with Gasteiger partial charge in [-0.1, -0.05) is 6.92 Å². The van der Waals surface area contributed by atoms with Gasteiger partial charge in [-0.05, 0) is 26.8 Å². The lowest BCUT2D eigenvalue weighted by molar-refractivity contribution is 0.455. The molecule has 1 aliphatic heterocycles. The Hall–Kier alpha value is -1.03. The molecule has 0 aromatic heterocycles. The minimum absolute atomic E-state index is 0.0210. The van der Waals surface area contributed by atoms with E-state index in [9.17, 15) is 0 Å². The van der Waals surface area contributed by atoms with Crippen LogP contribution < -0.4 is 16.0 Å². The molecule has 0 bridgehead atoms. The van der Waals surface area contributed by atoms with E-state index in [1.807, 2.05) is 13.1 Å². The van der Waals surface area contributed by atoms with E-state index >= 15 is 0 Å². The Morgan fingerprint density at radius 3 is 2.93 bits per heavy atom. The smallest absolute Gasteiger partial charge is 0.174 e. The van der Waals surface area contributed by atoms with Gasteiger partial charge in [-0.25, -0.2) is 0 Å². The van der Waals surface area contributed by atoms with Crippen LogP contribution in [0.15, 0.2) is 16.4 Å². The second kappa shape index (κ2) is 5.65. The van der Waals surface area contributed by atoms with Crippen LogP contribution in [0.1, 0.15) is 27.2 Å². The van der Waals surface area contributed by atoms with E-state index in [1.54, 1.807) is 0 Å². The van der Waals surface area contributed by atoms with Crippen molar-refractivity contribution < 1.29 is 0 Å². The van der Waals surface area contributed by atoms with Crippen LogP contribution in [0.25, 0.3) is 0 Å². The molecule has 80 valence electrons. The lowest BCUT2D eigenvalue weighted by Gasteiger charge is -2.24. The van der Waals surface area contributed by atoms with E-state index in [2.05, 4.69) is 34.8 Å². The van der Waals surface area contributed by atoms with E-state index in [0.29, 0.717) is 0 Å². The highest BCUT2D eigenvalue weighted by atomic mass is 15.3. The SMILES string of the molecule is CCCNC1N=CC(C)=C(NCC)N1. The first kappa shape index (κ1) is 11.0. The molecule has 14 heavy (non-hydrogen) atoms. The van der Waals surface area contributed by atoms with Crippen LogP contribution in [0.3, 0.4) is 0 Å². The topological polar surface area (TPSA) is 48.5 Å². The summed E-state index contributed by atoms with van der Waals surface area (Å²) < 4.78 is 0. The summed E-state index contributed by atoms with van der Waals surface area (Å²) in [6.07, 6.45) is 3.04. The van der Waals surface area contributed by atoms with Crippen LogP contribution in [0.5, 0.6) is 0 Å². The number of hydrogen-bond donors (Lipinski definition) is 3. The Kier molecular flexibility index (Phi) is 4.46. The summed E-state index contributed by atoms with van der Waals surface area (Å²) in [5, 5.41) is 9.87. The molecule has 0 aromatic carbocycles. The highest BCUT2D eigenvalue weighted by Crippen LogP contribution is 2.02. The molecule has 0 amide bonds. The van der Waals surface area contributed by atoms with Gasteiger partial charge in [0.05, 0.1) is 0 Å². The van der Waals surface area contributed by atoms with Crippen LogP contribution in [0, 0.1) is 0 Å². The van der Waals surface area contributed by atoms with Crippen LogP contribution >= 0.6 is 0 Å². The van der Waals surface area contributed by atoms with Crippen molar-refractivity contribution in [1.82, 2.24) is 16.0 Å². The third kappa shape index (κ3) is 3.03. The number of allylic oxidation sites excluding steroid dienone is 1. The van der Waals surface area contributed by atoms with Gasteiger partial charge in [0.2, 0.25) is 0 Å². The molecular formula is C10H20N4. The van der Waals surface area contributed by atoms with E-state index in [-0.39, 0.29) is 6.29 Å². The van der Waals surface area contributed by atoms with Gasteiger partial charge in [0.1, 0.15) is 5.82 Å². The first-order valence-corrected chi connectivity index (χ1v) is 5.25. The third-order valence-corrected chi connectivity index (χ3v) is 2.03. The number of hydrogen-bond acceptors (Lipinski definition) is 4.